The van der Waals surface area contributed by atoms with Crippen LogP contribution in [0.4, 0.5) is 4.39 Å². The van der Waals surface area contributed by atoms with Crippen molar-refractivity contribution < 1.29 is 17.5 Å². The molecule has 1 saturated heterocycles. The highest BCUT2D eigenvalue weighted by Crippen LogP contribution is 2.40. The minimum Gasteiger partial charge on any atom is -0.379 e. The SMILES string of the molecule is CC(C)c1cc2c(cc1S(=O)(=O)NCCCN1CCOCC1)Sc1cc(F)ccc1CC2. The standard InChI is InChI=1S/C24H31FN2O3S2/c1-17(2)21-14-19-5-4-18-6-7-20(25)15-22(18)31-23(19)16-24(21)32(28,29)26-8-3-9-27-10-12-30-13-11-27/h6-7,14-17,26H,3-5,8-13H2,1-2H3. The molecule has 174 valence electrons. The van der Waals surface area contributed by atoms with E-state index in [2.05, 4.69) is 9.62 Å². The molecule has 0 atom stereocenters. The van der Waals surface area contributed by atoms with Crippen LogP contribution in [0.25, 0.3) is 0 Å². The summed E-state index contributed by atoms with van der Waals surface area (Å²) in [6, 6.07) is 8.70. The van der Waals surface area contributed by atoms with Crippen LogP contribution in [0.1, 0.15) is 42.9 Å². The zero-order valence-electron chi connectivity index (χ0n) is 18.7. The molecule has 0 saturated carbocycles. The lowest BCUT2D eigenvalue weighted by molar-refractivity contribution is 0.0376. The van der Waals surface area contributed by atoms with Gasteiger partial charge in [-0.25, -0.2) is 17.5 Å². The first kappa shape index (κ1) is 23.7. The Morgan fingerprint density at radius 3 is 2.56 bits per heavy atom. The quantitative estimate of drug-likeness (QED) is 0.605. The molecule has 2 aromatic carbocycles. The van der Waals surface area contributed by atoms with Crippen LogP contribution in [0, 0.1) is 5.82 Å². The lowest BCUT2D eigenvalue weighted by Gasteiger charge is -2.26. The van der Waals surface area contributed by atoms with Crippen molar-refractivity contribution in [3.8, 4) is 0 Å². The number of halogens is 1. The second kappa shape index (κ2) is 10.2. The maximum Gasteiger partial charge on any atom is 0.240 e. The molecule has 0 amide bonds. The van der Waals surface area contributed by atoms with E-state index in [1.165, 1.54) is 17.8 Å². The summed E-state index contributed by atoms with van der Waals surface area (Å²) in [5.41, 5.74) is 3.06. The molecular weight excluding hydrogens is 447 g/mol. The molecule has 8 heteroatoms. The second-order valence-corrected chi connectivity index (χ2v) is 11.5. The van der Waals surface area contributed by atoms with Crippen molar-refractivity contribution in [3.63, 3.8) is 0 Å². The van der Waals surface area contributed by atoms with Gasteiger partial charge in [0.05, 0.1) is 18.1 Å². The average molecular weight is 479 g/mol. The monoisotopic (exact) mass is 478 g/mol. The predicted octanol–water partition coefficient (Wildman–Crippen LogP) is 4.20. The van der Waals surface area contributed by atoms with E-state index >= 15 is 0 Å². The van der Waals surface area contributed by atoms with E-state index in [4.69, 9.17) is 4.74 Å². The van der Waals surface area contributed by atoms with Gasteiger partial charge in [-0.3, -0.25) is 4.90 Å². The Kier molecular flexibility index (Phi) is 7.57. The number of sulfonamides is 1. The molecule has 0 aromatic heterocycles. The fourth-order valence-corrected chi connectivity index (χ4v) is 6.93. The molecule has 2 aliphatic rings. The lowest BCUT2D eigenvalue weighted by atomic mass is 9.97. The van der Waals surface area contributed by atoms with E-state index in [1.54, 1.807) is 12.1 Å². The largest absolute Gasteiger partial charge is 0.379 e. The van der Waals surface area contributed by atoms with Crippen molar-refractivity contribution in [1.82, 2.24) is 9.62 Å². The summed E-state index contributed by atoms with van der Waals surface area (Å²) in [5, 5.41) is 0. The Morgan fingerprint density at radius 1 is 1.09 bits per heavy atom. The number of nitrogens with one attached hydrogen (secondary N) is 1. The van der Waals surface area contributed by atoms with Crippen LogP contribution >= 0.6 is 11.8 Å². The molecule has 2 aliphatic heterocycles. The van der Waals surface area contributed by atoms with Crippen LogP contribution < -0.4 is 4.72 Å². The first-order valence-electron chi connectivity index (χ1n) is 11.3. The smallest absolute Gasteiger partial charge is 0.240 e. The van der Waals surface area contributed by atoms with Gasteiger partial charge in [0.15, 0.2) is 0 Å². The third kappa shape index (κ3) is 5.54. The number of aryl methyl sites for hydroxylation is 2. The number of hydrogen-bond acceptors (Lipinski definition) is 5. The normalized spacial score (nSPS) is 17.1. The van der Waals surface area contributed by atoms with Crippen LogP contribution in [-0.4, -0.2) is 52.7 Å². The zero-order valence-corrected chi connectivity index (χ0v) is 20.3. The summed E-state index contributed by atoms with van der Waals surface area (Å²) < 4.78 is 48.5. The van der Waals surface area contributed by atoms with Crippen molar-refractivity contribution in [2.75, 3.05) is 39.4 Å². The Hall–Kier alpha value is -1.45. The fourth-order valence-electron chi connectivity index (χ4n) is 4.23. The summed E-state index contributed by atoms with van der Waals surface area (Å²) in [6.07, 6.45) is 2.38. The van der Waals surface area contributed by atoms with Gasteiger partial charge in [0.25, 0.3) is 0 Å². The van der Waals surface area contributed by atoms with E-state index in [0.717, 1.165) is 78.6 Å². The fraction of sp³-hybridized carbons (Fsp3) is 0.500. The van der Waals surface area contributed by atoms with E-state index in [9.17, 15) is 12.8 Å². The summed E-state index contributed by atoms with van der Waals surface area (Å²) in [5.74, 6) is -0.193. The van der Waals surface area contributed by atoms with Gasteiger partial charge < -0.3 is 4.74 Å². The Balaban J connectivity index is 1.54. The lowest BCUT2D eigenvalue weighted by Crippen LogP contribution is -2.38. The van der Waals surface area contributed by atoms with Crippen LogP contribution in [0.2, 0.25) is 0 Å². The molecule has 1 fully saturated rings. The molecule has 2 aromatic rings. The number of nitrogens with zero attached hydrogens (tertiary/aromatic N) is 1. The van der Waals surface area contributed by atoms with Gasteiger partial charge in [-0.1, -0.05) is 37.7 Å². The summed E-state index contributed by atoms with van der Waals surface area (Å²) >= 11 is 1.46. The molecular formula is C24H31FN2O3S2. The Bertz CT molecular complexity index is 1070. The molecule has 5 nitrogen and oxygen atoms in total. The van der Waals surface area contributed by atoms with E-state index in [1.807, 2.05) is 26.0 Å². The molecule has 4 rings (SSSR count). The number of benzene rings is 2. The van der Waals surface area contributed by atoms with E-state index in [-0.39, 0.29) is 11.7 Å². The molecule has 0 aliphatic carbocycles. The van der Waals surface area contributed by atoms with Gasteiger partial charge in [0.2, 0.25) is 10.0 Å². The topological polar surface area (TPSA) is 58.6 Å². The highest BCUT2D eigenvalue weighted by atomic mass is 32.2. The highest BCUT2D eigenvalue weighted by Gasteiger charge is 2.25. The van der Waals surface area contributed by atoms with Gasteiger partial charge in [-0.05, 0) is 66.6 Å². The average Bonchev–Trinajstić information content (AvgIpc) is 2.94. The number of rotatable bonds is 7. The molecule has 0 bridgehead atoms. The van der Waals surface area contributed by atoms with Crippen molar-refractivity contribution in [1.29, 1.82) is 0 Å². The molecule has 32 heavy (non-hydrogen) atoms. The highest BCUT2D eigenvalue weighted by molar-refractivity contribution is 7.99. The molecule has 1 N–H and O–H groups in total. The number of ether oxygens (including phenoxy) is 1. The van der Waals surface area contributed by atoms with Crippen molar-refractivity contribution in [2.24, 2.45) is 0 Å². The third-order valence-electron chi connectivity index (χ3n) is 6.06. The van der Waals surface area contributed by atoms with Gasteiger partial charge in [0, 0.05) is 29.4 Å². The maximum atomic E-state index is 13.8. The summed E-state index contributed by atoms with van der Waals surface area (Å²) in [6.45, 7) is 8.57. The maximum absolute atomic E-state index is 13.8. The van der Waals surface area contributed by atoms with Crippen molar-refractivity contribution >= 4 is 21.8 Å². The predicted molar refractivity (Wildman–Crippen MR) is 126 cm³/mol. The third-order valence-corrected chi connectivity index (χ3v) is 8.78. The first-order chi connectivity index (χ1) is 15.3. The van der Waals surface area contributed by atoms with Gasteiger partial charge >= 0.3 is 0 Å². The second-order valence-electron chi connectivity index (χ2n) is 8.71. The Labute approximate surface area is 194 Å². The molecule has 0 spiro atoms. The van der Waals surface area contributed by atoms with Crippen LogP contribution in [0.15, 0.2) is 45.0 Å². The minimum atomic E-state index is -3.65. The van der Waals surface area contributed by atoms with Gasteiger partial charge in [-0.15, -0.1) is 0 Å². The summed E-state index contributed by atoms with van der Waals surface area (Å²) in [7, 11) is -3.65. The van der Waals surface area contributed by atoms with Crippen LogP contribution in [-0.2, 0) is 27.6 Å². The number of hydrogen-bond donors (Lipinski definition) is 1. The zero-order chi connectivity index (χ0) is 22.7. The van der Waals surface area contributed by atoms with Crippen LogP contribution in [0.5, 0.6) is 0 Å². The summed E-state index contributed by atoms with van der Waals surface area (Å²) in [4.78, 5) is 4.40. The van der Waals surface area contributed by atoms with Gasteiger partial charge in [0.1, 0.15) is 5.82 Å². The molecule has 2 heterocycles. The van der Waals surface area contributed by atoms with Gasteiger partial charge in [-0.2, -0.15) is 0 Å². The molecule has 0 unspecified atom stereocenters. The number of morpholine rings is 1. The van der Waals surface area contributed by atoms with E-state index in [0.29, 0.717) is 11.4 Å². The Morgan fingerprint density at radius 2 is 1.81 bits per heavy atom. The van der Waals surface area contributed by atoms with Crippen LogP contribution in [0.3, 0.4) is 0 Å². The van der Waals surface area contributed by atoms with E-state index < -0.39 is 10.0 Å². The van der Waals surface area contributed by atoms with Crippen molar-refractivity contribution in [2.45, 2.75) is 53.7 Å². The molecule has 0 radical (unpaired) electrons. The minimum absolute atomic E-state index is 0.0771. The number of fused-ring (bicyclic) bond motifs is 2. The first-order valence-corrected chi connectivity index (χ1v) is 13.6. The van der Waals surface area contributed by atoms with Crippen molar-refractivity contribution in [3.05, 3.63) is 52.8 Å².